The Morgan fingerprint density at radius 1 is 1.30 bits per heavy atom. The van der Waals surface area contributed by atoms with E-state index in [0.717, 1.165) is 38.0 Å². The second-order valence-corrected chi connectivity index (χ2v) is 6.92. The number of likely N-dealkylation sites (tertiary alicyclic amines) is 1. The van der Waals surface area contributed by atoms with Gasteiger partial charge in [0.25, 0.3) is 0 Å². The van der Waals surface area contributed by atoms with Crippen molar-refractivity contribution < 1.29 is 9.50 Å². The first-order valence-corrected chi connectivity index (χ1v) is 8.29. The molecule has 0 bridgehead atoms. The number of nitrogens with zero attached hydrogens (tertiary/aromatic N) is 2. The third-order valence-electron chi connectivity index (χ3n) is 4.24. The van der Waals surface area contributed by atoms with Crippen LogP contribution in [0.2, 0.25) is 0 Å². The molecule has 1 aromatic heterocycles. The van der Waals surface area contributed by atoms with Crippen LogP contribution in [-0.2, 0) is 6.54 Å². The average Bonchev–Trinajstić information content (AvgIpc) is 2.93. The van der Waals surface area contributed by atoms with Gasteiger partial charge in [0.05, 0.1) is 6.10 Å². The minimum absolute atomic E-state index is 0. The van der Waals surface area contributed by atoms with E-state index >= 15 is 0 Å². The van der Waals surface area contributed by atoms with Gasteiger partial charge in [-0.2, -0.15) is 0 Å². The summed E-state index contributed by atoms with van der Waals surface area (Å²) in [5, 5.41) is 11.1. The third-order valence-corrected chi connectivity index (χ3v) is 5.05. The summed E-state index contributed by atoms with van der Waals surface area (Å²) in [4.78, 5) is 7.61. The van der Waals surface area contributed by atoms with Crippen molar-refractivity contribution in [2.24, 2.45) is 5.92 Å². The molecule has 1 atom stereocenters. The van der Waals surface area contributed by atoms with Crippen LogP contribution >= 0.6 is 23.7 Å². The van der Waals surface area contributed by atoms with Gasteiger partial charge >= 0.3 is 0 Å². The summed E-state index contributed by atoms with van der Waals surface area (Å²) < 4.78 is 13.0. The molecule has 3 rings (SSSR count). The van der Waals surface area contributed by atoms with E-state index in [2.05, 4.69) is 9.88 Å². The zero-order valence-electron chi connectivity index (χ0n) is 12.7. The molecule has 126 valence electrons. The Morgan fingerprint density at radius 3 is 2.52 bits per heavy atom. The van der Waals surface area contributed by atoms with Gasteiger partial charge in [-0.3, -0.25) is 4.90 Å². The van der Waals surface area contributed by atoms with E-state index in [1.807, 2.05) is 6.20 Å². The minimum Gasteiger partial charge on any atom is -0.388 e. The highest BCUT2D eigenvalue weighted by Gasteiger charge is 2.26. The Balaban J connectivity index is 0.00000192. The van der Waals surface area contributed by atoms with Crippen molar-refractivity contribution in [1.82, 2.24) is 9.88 Å². The summed E-state index contributed by atoms with van der Waals surface area (Å²) in [6.45, 7) is 2.76. The Morgan fingerprint density at radius 2 is 1.96 bits per heavy atom. The van der Waals surface area contributed by atoms with Crippen LogP contribution in [0.3, 0.4) is 0 Å². The minimum atomic E-state index is -0.512. The molecule has 2 aromatic rings. The lowest BCUT2D eigenvalue weighted by Gasteiger charge is -2.34. The SMILES string of the molecule is Cl.Nc1ncc(CN2CCC(C(O)c3ccc(F)cc3)CC2)s1. The van der Waals surface area contributed by atoms with E-state index in [-0.39, 0.29) is 24.1 Å². The molecule has 23 heavy (non-hydrogen) atoms. The molecule has 1 aliphatic rings. The van der Waals surface area contributed by atoms with Crippen LogP contribution < -0.4 is 5.73 Å². The van der Waals surface area contributed by atoms with E-state index in [1.165, 1.54) is 28.3 Å². The van der Waals surface area contributed by atoms with Gasteiger partial charge < -0.3 is 10.8 Å². The highest BCUT2D eigenvalue weighted by atomic mass is 35.5. The van der Waals surface area contributed by atoms with Gasteiger partial charge in [-0.05, 0) is 49.5 Å². The predicted molar refractivity (Wildman–Crippen MR) is 93.1 cm³/mol. The molecule has 0 saturated carbocycles. The third kappa shape index (κ3) is 4.64. The number of nitrogens with two attached hydrogens (primary N) is 1. The zero-order valence-corrected chi connectivity index (χ0v) is 14.3. The van der Waals surface area contributed by atoms with Crippen molar-refractivity contribution in [2.45, 2.75) is 25.5 Å². The summed E-state index contributed by atoms with van der Waals surface area (Å²) in [5.41, 5.74) is 6.45. The molecule has 2 heterocycles. The Labute approximate surface area is 145 Å². The molecule has 1 fully saturated rings. The molecule has 1 unspecified atom stereocenters. The maximum atomic E-state index is 13.0. The number of thiazole rings is 1. The summed E-state index contributed by atoms with van der Waals surface area (Å²) in [6, 6.07) is 6.16. The molecule has 4 nitrogen and oxygen atoms in total. The number of halogens is 2. The second-order valence-electron chi connectivity index (χ2n) is 5.77. The van der Waals surface area contributed by atoms with Gasteiger partial charge in [0, 0.05) is 17.6 Å². The summed E-state index contributed by atoms with van der Waals surface area (Å²) in [6.07, 6.45) is 3.20. The topological polar surface area (TPSA) is 62.4 Å². The van der Waals surface area contributed by atoms with Gasteiger partial charge in [-0.25, -0.2) is 9.37 Å². The van der Waals surface area contributed by atoms with Crippen molar-refractivity contribution in [3.05, 3.63) is 46.7 Å². The van der Waals surface area contributed by atoms with Gasteiger partial charge in [-0.15, -0.1) is 23.7 Å². The normalized spacial score (nSPS) is 17.7. The number of nitrogen functional groups attached to an aromatic ring is 1. The lowest BCUT2D eigenvalue weighted by atomic mass is 9.87. The van der Waals surface area contributed by atoms with Crippen LogP contribution in [0.15, 0.2) is 30.5 Å². The van der Waals surface area contributed by atoms with Crippen molar-refractivity contribution in [3.63, 3.8) is 0 Å². The Bertz CT molecular complexity index is 614. The molecule has 1 saturated heterocycles. The van der Waals surface area contributed by atoms with Gasteiger partial charge in [0.15, 0.2) is 5.13 Å². The number of benzene rings is 1. The van der Waals surface area contributed by atoms with Crippen LogP contribution in [0.5, 0.6) is 0 Å². The van der Waals surface area contributed by atoms with E-state index < -0.39 is 6.10 Å². The summed E-state index contributed by atoms with van der Waals surface area (Å²) in [5.74, 6) is -0.0390. The molecule has 1 aromatic carbocycles. The van der Waals surface area contributed by atoms with Crippen molar-refractivity contribution >= 4 is 28.9 Å². The summed E-state index contributed by atoms with van der Waals surface area (Å²) in [7, 11) is 0. The molecule has 0 amide bonds. The van der Waals surface area contributed by atoms with Gasteiger partial charge in [0.2, 0.25) is 0 Å². The van der Waals surface area contributed by atoms with Crippen molar-refractivity contribution in [1.29, 1.82) is 0 Å². The quantitative estimate of drug-likeness (QED) is 0.881. The first-order chi connectivity index (χ1) is 10.6. The maximum absolute atomic E-state index is 13.0. The van der Waals surface area contributed by atoms with Crippen molar-refractivity contribution in [3.8, 4) is 0 Å². The number of aliphatic hydroxyl groups is 1. The van der Waals surface area contributed by atoms with Crippen LogP contribution in [0, 0.1) is 11.7 Å². The molecule has 0 radical (unpaired) electrons. The fraction of sp³-hybridized carbons (Fsp3) is 0.438. The molecule has 0 spiro atoms. The molecular formula is C16H21ClFN3OS. The van der Waals surface area contributed by atoms with Crippen molar-refractivity contribution in [2.75, 3.05) is 18.8 Å². The van der Waals surface area contributed by atoms with E-state index in [1.54, 1.807) is 12.1 Å². The predicted octanol–water partition coefficient (Wildman–Crippen LogP) is 3.23. The number of piperidine rings is 1. The van der Waals surface area contributed by atoms with E-state index in [9.17, 15) is 9.50 Å². The van der Waals surface area contributed by atoms with E-state index in [4.69, 9.17) is 5.73 Å². The fourth-order valence-electron chi connectivity index (χ4n) is 2.98. The lowest BCUT2D eigenvalue weighted by molar-refractivity contribution is 0.0570. The maximum Gasteiger partial charge on any atom is 0.180 e. The second kappa shape index (κ2) is 8.06. The smallest absolute Gasteiger partial charge is 0.180 e. The number of aromatic nitrogens is 1. The summed E-state index contributed by atoms with van der Waals surface area (Å²) >= 11 is 1.53. The van der Waals surface area contributed by atoms with Crippen LogP contribution in [0.25, 0.3) is 0 Å². The Hall–Kier alpha value is -1.21. The molecular weight excluding hydrogens is 337 g/mol. The zero-order chi connectivity index (χ0) is 15.5. The Kier molecular flexibility index (Phi) is 6.35. The molecule has 3 N–H and O–H groups in total. The van der Waals surface area contributed by atoms with E-state index in [0.29, 0.717) is 5.13 Å². The highest BCUT2D eigenvalue weighted by molar-refractivity contribution is 7.15. The first-order valence-electron chi connectivity index (χ1n) is 7.48. The number of aliphatic hydroxyl groups excluding tert-OH is 1. The highest BCUT2D eigenvalue weighted by Crippen LogP contribution is 2.31. The first kappa shape index (κ1) is 18.1. The standard InChI is InChI=1S/C16H20FN3OS.ClH/c17-13-3-1-11(2-4-13)15(21)12-5-7-20(8-6-12)10-14-9-19-16(18)22-14;/h1-4,9,12,15,21H,5-8,10H2,(H2,18,19);1H. The van der Waals surface area contributed by atoms with Gasteiger partial charge in [0.1, 0.15) is 5.82 Å². The van der Waals surface area contributed by atoms with Crippen LogP contribution in [0.1, 0.15) is 29.4 Å². The molecule has 7 heteroatoms. The number of anilines is 1. The van der Waals surface area contributed by atoms with Gasteiger partial charge in [-0.1, -0.05) is 12.1 Å². The molecule has 1 aliphatic heterocycles. The monoisotopic (exact) mass is 357 g/mol. The number of hydrogen-bond acceptors (Lipinski definition) is 5. The largest absolute Gasteiger partial charge is 0.388 e. The average molecular weight is 358 g/mol. The number of rotatable bonds is 4. The van der Waals surface area contributed by atoms with Crippen LogP contribution in [0.4, 0.5) is 9.52 Å². The van der Waals surface area contributed by atoms with Crippen LogP contribution in [-0.4, -0.2) is 28.1 Å². The number of hydrogen-bond donors (Lipinski definition) is 2. The molecule has 0 aliphatic carbocycles. The fourth-order valence-corrected chi connectivity index (χ4v) is 3.70. The lowest BCUT2D eigenvalue weighted by Crippen LogP contribution is -2.35.